The molecule has 0 saturated heterocycles. The molecule has 5 heteroatoms. The average molecular weight is 384 g/mol. The fraction of sp³-hybridized carbons (Fsp3) is 0.0714. The Kier molecular flexibility index (Phi) is 4.61. The molecule has 2 aromatic carbocycles. The third kappa shape index (κ3) is 3.81. The molecule has 0 radical (unpaired) electrons. The lowest BCUT2D eigenvalue weighted by Gasteiger charge is -2.08. The van der Waals surface area contributed by atoms with Crippen molar-refractivity contribution in [3.05, 3.63) is 51.4 Å². The number of hydrogen-bond donors (Lipinski definition) is 1. The van der Waals surface area contributed by atoms with E-state index in [-0.39, 0.29) is 0 Å². The molecule has 0 amide bonds. The third-order valence-electron chi connectivity index (χ3n) is 2.37. The van der Waals surface area contributed by atoms with Crippen molar-refractivity contribution in [2.45, 2.75) is 6.92 Å². The van der Waals surface area contributed by atoms with Gasteiger partial charge in [0.15, 0.2) is 5.90 Å². The maximum absolute atomic E-state index is 5.83. The maximum atomic E-state index is 5.83. The third-order valence-corrected chi connectivity index (χ3v) is 3.48. The Hall–Kier alpha value is -1.33. The van der Waals surface area contributed by atoms with Crippen molar-refractivity contribution in [1.82, 2.24) is 0 Å². The molecule has 0 spiro atoms. The van der Waals surface area contributed by atoms with Crippen LogP contribution >= 0.6 is 31.9 Å². The summed E-state index contributed by atoms with van der Waals surface area (Å²) >= 11 is 6.83. The zero-order valence-electron chi connectivity index (χ0n) is 10.2. The van der Waals surface area contributed by atoms with Crippen LogP contribution < -0.4 is 10.5 Å². The number of hydrogen-bond acceptors (Lipinski definition) is 3. The highest BCUT2D eigenvalue weighted by molar-refractivity contribution is 9.11. The zero-order valence-corrected chi connectivity index (χ0v) is 13.4. The van der Waals surface area contributed by atoms with Crippen LogP contribution in [0.4, 0.5) is 11.4 Å². The topological polar surface area (TPSA) is 47.6 Å². The van der Waals surface area contributed by atoms with Crippen molar-refractivity contribution in [2.75, 3.05) is 5.73 Å². The summed E-state index contributed by atoms with van der Waals surface area (Å²) in [6, 6.07) is 13.1. The SMILES string of the molecule is CC(=Nc1ccccc1N)Oc1ccc(Br)cc1Br. The monoisotopic (exact) mass is 382 g/mol. The molecule has 0 saturated carbocycles. The number of benzene rings is 2. The molecular weight excluding hydrogens is 372 g/mol. The van der Waals surface area contributed by atoms with E-state index >= 15 is 0 Å². The first-order valence-electron chi connectivity index (χ1n) is 5.59. The molecule has 0 aliphatic heterocycles. The van der Waals surface area contributed by atoms with Gasteiger partial charge in [-0.25, -0.2) is 4.99 Å². The number of halogens is 2. The van der Waals surface area contributed by atoms with Crippen molar-refractivity contribution < 1.29 is 4.74 Å². The van der Waals surface area contributed by atoms with Crippen LogP contribution in [0.2, 0.25) is 0 Å². The summed E-state index contributed by atoms with van der Waals surface area (Å²) in [6.45, 7) is 1.79. The number of anilines is 1. The normalized spacial score (nSPS) is 11.4. The Labute approximate surface area is 128 Å². The summed E-state index contributed by atoms with van der Waals surface area (Å²) in [5.41, 5.74) is 7.16. The highest BCUT2D eigenvalue weighted by Crippen LogP contribution is 2.29. The number of nitrogen functional groups attached to an aromatic ring is 1. The van der Waals surface area contributed by atoms with Crippen LogP contribution in [-0.2, 0) is 0 Å². The minimum atomic E-state index is 0.529. The van der Waals surface area contributed by atoms with Crippen LogP contribution in [0, 0.1) is 0 Å². The minimum absolute atomic E-state index is 0.529. The zero-order chi connectivity index (χ0) is 13.8. The Bertz CT molecular complexity index is 627. The highest BCUT2D eigenvalue weighted by atomic mass is 79.9. The van der Waals surface area contributed by atoms with Gasteiger partial charge in [-0.2, -0.15) is 0 Å². The summed E-state index contributed by atoms with van der Waals surface area (Å²) in [4.78, 5) is 4.35. The number of rotatable bonds is 2. The molecule has 19 heavy (non-hydrogen) atoms. The average Bonchev–Trinajstić information content (AvgIpc) is 2.36. The first-order chi connectivity index (χ1) is 9.06. The molecular formula is C14H12Br2N2O. The molecule has 0 heterocycles. The van der Waals surface area contributed by atoms with Gasteiger partial charge in [0.2, 0.25) is 0 Å². The van der Waals surface area contributed by atoms with Gasteiger partial charge < -0.3 is 10.5 Å². The summed E-state index contributed by atoms with van der Waals surface area (Å²) in [6.07, 6.45) is 0. The van der Waals surface area contributed by atoms with Crippen LogP contribution in [-0.4, -0.2) is 5.90 Å². The van der Waals surface area contributed by atoms with E-state index < -0.39 is 0 Å². The smallest absolute Gasteiger partial charge is 0.192 e. The molecule has 0 aliphatic rings. The van der Waals surface area contributed by atoms with Gasteiger partial charge in [-0.1, -0.05) is 28.1 Å². The lowest BCUT2D eigenvalue weighted by molar-refractivity contribution is 0.543. The van der Waals surface area contributed by atoms with E-state index in [0.717, 1.165) is 8.95 Å². The quantitative estimate of drug-likeness (QED) is 0.454. The van der Waals surface area contributed by atoms with Gasteiger partial charge in [0.25, 0.3) is 0 Å². The van der Waals surface area contributed by atoms with Crippen molar-refractivity contribution in [2.24, 2.45) is 4.99 Å². The van der Waals surface area contributed by atoms with E-state index in [1.54, 1.807) is 6.92 Å². The predicted molar refractivity (Wildman–Crippen MR) is 86.1 cm³/mol. The summed E-state index contributed by atoms with van der Waals surface area (Å²) in [7, 11) is 0. The number of ether oxygens (including phenoxy) is 1. The van der Waals surface area contributed by atoms with Crippen LogP contribution in [0.15, 0.2) is 56.4 Å². The lowest BCUT2D eigenvalue weighted by Crippen LogP contribution is -2.03. The maximum Gasteiger partial charge on any atom is 0.192 e. The fourth-order valence-electron chi connectivity index (χ4n) is 1.50. The van der Waals surface area contributed by atoms with Crippen LogP contribution in [0.5, 0.6) is 5.75 Å². The second-order valence-corrected chi connectivity index (χ2v) is 5.64. The Morgan fingerprint density at radius 3 is 2.58 bits per heavy atom. The summed E-state index contributed by atoms with van der Waals surface area (Å²) in [5.74, 6) is 1.24. The molecule has 3 nitrogen and oxygen atoms in total. The van der Waals surface area contributed by atoms with E-state index in [9.17, 15) is 0 Å². The Balaban J connectivity index is 2.21. The summed E-state index contributed by atoms with van der Waals surface area (Å²) in [5, 5.41) is 0. The predicted octanol–water partition coefficient (Wildman–Crippen LogP) is 4.92. The van der Waals surface area contributed by atoms with Gasteiger partial charge in [-0.3, -0.25) is 0 Å². The second-order valence-electron chi connectivity index (χ2n) is 3.87. The summed E-state index contributed by atoms with van der Waals surface area (Å²) < 4.78 is 7.52. The van der Waals surface area contributed by atoms with Crippen molar-refractivity contribution in [3.63, 3.8) is 0 Å². The molecule has 2 N–H and O–H groups in total. The second kappa shape index (κ2) is 6.21. The number of aliphatic imine (C=N–C) groups is 1. The highest BCUT2D eigenvalue weighted by Gasteiger charge is 2.04. The van der Waals surface area contributed by atoms with Gasteiger partial charge in [0.1, 0.15) is 5.75 Å². The van der Waals surface area contributed by atoms with Gasteiger partial charge in [0.05, 0.1) is 15.8 Å². The van der Waals surface area contributed by atoms with Gasteiger partial charge in [-0.15, -0.1) is 0 Å². The molecule has 2 rings (SSSR count). The lowest BCUT2D eigenvalue weighted by atomic mass is 10.3. The fourth-order valence-corrected chi connectivity index (χ4v) is 2.63. The van der Waals surface area contributed by atoms with Crippen molar-refractivity contribution in [3.8, 4) is 5.75 Å². The molecule has 0 unspecified atom stereocenters. The molecule has 0 bridgehead atoms. The van der Waals surface area contributed by atoms with Gasteiger partial charge >= 0.3 is 0 Å². The van der Waals surface area contributed by atoms with Crippen molar-refractivity contribution in [1.29, 1.82) is 0 Å². The van der Waals surface area contributed by atoms with Gasteiger partial charge in [-0.05, 0) is 46.3 Å². The molecule has 0 fully saturated rings. The first kappa shape index (κ1) is 14.1. The first-order valence-corrected chi connectivity index (χ1v) is 7.17. The minimum Gasteiger partial charge on any atom is -0.442 e. The number of para-hydroxylation sites is 2. The molecule has 2 aromatic rings. The van der Waals surface area contributed by atoms with Crippen molar-refractivity contribution >= 4 is 49.1 Å². The standard InChI is InChI=1S/C14H12Br2N2O/c1-9(18-13-5-3-2-4-12(13)17)19-14-7-6-10(15)8-11(14)16/h2-8H,17H2,1H3. The van der Waals surface area contributed by atoms with Crippen LogP contribution in [0.3, 0.4) is 0 Å². The molecule has 0 atom stereocenters. The molecule has 0 aromatic heterocycles. The number of nitrogens with two attached hydrogens (primary N) is 1. The molecule has 98 valence electrons. The van der Waals surface area contributed by atoms with Gasteiger partial charge in [0, 0.05) is 11.4 Å². The Morgan fingerprint density at radius 2 is 1.89 bits per heavy atom. The van der Waals surface area contributed by atoms with Crippen LogP contribution in [0.1, 0.15) is 6.92 Å². The van der Waals surface area contributed by atoms with E-state index in [1.807, 2.05) is 42.5 Å². The van der Waals surface area contributed by atoms with Crippen LogP contribution in [0.25, 0.3) is 0 Å². The number of nitrogens with zero attached hydrogens (tertiary/aromatic N) is 1. The van der Waals surface area contributed by atoms with E-state index in [4.69, 9.17) is 10.5 Å². The Morgan fingerprint density at radius 1 is 1.16 bits per heavy atom. The van der Waals surface area contributed by atoms with E-state index in [2.05, 4.69) is 36.9 Å². The van der Waals surface area contributed by atoms with E-state index in [0.29, 0.717) is 23.0 Å². The van der Waals surface area contributed by atoms with E-state index in [1.165, 1.54) is 0 Å². The molecule has 0 aliphatic carbocycles. The largest absolute Gasteiger partial charge is 0.442 e.